The maximum atomic E-state index is 12.5. The molecule has 1 aromatic heterocycles. The van der Waals surface area contributed by atoms with Gasteiger partial charge in [-0.05, 0) is 37.1 Å². The number of nitrogens with zero attached hydrogens (tertiary/aromatic N) is 3. The lowest BCUT2D eigenvalue weighted by Gasteiger charge is -2.22. The maximum Gasteiger partial charge on any atom is 0.258 e. The summed E-state index contributed by atoms with van der Waals surface area (Å²) in [7, 11) is 0. The molecule has 28 heavy (non-hydrogen) atoms. The molecular weight excluding hydrogens is 356 g/mol. The number of carbonyl (C=O) groups excluding carboxylic acids is 1. The molecule has 0 fully saturated rings. The summed E-state index contributed by atoms with van der Waals surface area (Å²) in [5, 5.41) is 2.83. The van der Waals surface area contributed by atoms with Gasteiger partial charge in [0.25, 0.3) is 5.91 Å². The number of aromatic nitrogens is 2. The Labute approximate surface area is 161 Å². The van der Waals surface area contributed by atoms with Crippen LogP contribution < -0.4 is 19.7 Å². The van der Waals surface area contributed by atoms with E-state index >= 15 is 0 Å². The fourth-order valence-corrected chi connectivity index (χ4v) is 3.61. The Kier molecular flexibility index (Phi) is 3.86. The van der Waals surface area contributed by atoms with Gasteiger partial charge in [-0.25, -0.2) is 9.97 Å². The second-order valence-corrected chi connectivity index (χ2v) is 6.85. The topological polar surface area (TPSA) is 76.6 Å². The molecule has 2 aromatic carbocycles. The van der Waals surface area contributed by atoms with Gasteiger partial charge in [-0.1, -0.05) is 18.2 Å². The van der Waals surface area contributed by atoms with Crippen molar-refractivity contribution in [2.75, 3.05) is 17.0 Å². The van der Waals surface area contributed by atoms with E-state index in [0.29, 0.717) is 28.7 Å². The van der Waals surface area contributed by atoms with Crippen molar-refractivity contribution in [3.05, 3.63) is 66.0 Å². The minimum absolute atomic E-state index is 0.195. The molecule has 0 bridgehead atoms. The summed E-state index contributed by atoms with van der Waals surface area (Å²) < 4.78 is 10.6. The van der Waals surface area contributed by atoms with E-state index in [1.165, 1.54) is 5.56 Å². The van der Waals surface area contributed by atoms with Crippen LogP contribution in [0.4, 0.5) is 17.3 Å². The monoisotopic (exact) mass is 374 g/mol. The molecule has 3 aromatic rings. The smallest absolute Gasteiger partial charge is 0.258 e. The molecule has 2 aliphatic rings. The zero-order valence-corrected chi connectivity index (χ0v) is 15.3. The Balaban J connectivity index is 1.34. The van der Waals surface area contributed by atoms with Crippen LogP contribution in [0.5, 0.6) is 11.5 Å². The first-order chi connectivity index (χ1) is 13.7. The van der Waals surface area contributed by atoms with Crippen molar-refractivity contribution in [2.45, 2.75) is 19.4 Å². The summed E-state index contributed by atoms with van der Waals surface area (Å²) in [6.07, 6.45) is 4.06. The predicted octanol–water partition coefficient (Wildman–Crippen LogP) is 3.54. The highest BCUT2D eigenvalue weighted by Crippen LogP contribution is 2.36. The van der Waals surface area contributed by atoms with Crippen LogP contribution >= 0.6 is 0 Å². The van der Waals surface area contributed by atoms with Gasteiger partial charge in [0.2, 0.25) is 12.7 Å². The molecule has 1 N–H and O–H groups in total. The van der Waals surface area contributed by atoms with Crippen LogP contribution in [0.15, 0.2) is 54.9 Å². The molecule has 5 rings (SSSR count). The summed E-state index contributed by atoms with van der Waals surface area (Å²) in [6, 6.07) is 13.8. The number of fused-ring (bicyclic) bond motifs is 2. The zero-order chi connectivity index (χ0) is 19.1. The summed E-state index contributed by atoms with van der Waals surface area (Å²) in [5.74, 6) is 1.61. The number of nitrogens with one attached hydrogen (secondary N) is 1. The van der Waals surface area contributed by atoms with E-state index in [2.05, 4.69) is 39.2 Å². The third-order valence-electron chi connectivity index (χ3n) is 4.95. The quantitative estimate of drug-likeness (QED) is 0.756. The molecule has 3 heterocycles. The normalized spacial score (nSPS) is 16.8. The second kappa shape index (κ2) is 6.53. The number of rotatable bonds is 3. The first kappa shape index (κ1) is 16.6. The Morgan fingerprint density at radius 1 is 1.11 bits per heavy atom. The standard InChI is InChI=1S/C21H18N4O3/c1-13-8-14-4-2-3-5-17(14)25(13)21-22-10-15(11-23-21)20(26)24-16-6-7-18-19(9-16)28-12-27-18/h2-7,9-11,13H,8,12H2,1H3,(H,24,26). The van der Waals surface area contributed by atoms with Gasteiger partial charge in [0.15, 0.2) is 11.5 Å². The average molecular weight is 374 g/mol. The molecular formula is C21H18N4O3. The van der Waals surface area contributed by atoms with E-state index in [4.69, 9.17) is 9.47 Å². The molecule has 2 aliphatic heterocycles. The first-order valence-corrected chi connectivity index (χ1v) is 9.09. The number of hydrogen-bond donors (Lipinski definition) is 1. The van der Waals surface area contributed by atoms with E-state index in [9.17, 15) is 4.79 Å². The van der Waals surface area contributed by atoms with Crippen LogP contribution in [0.3, 0.4) is 0 Å². The SMILES string of the molecule is CC1Cc2ccccc2N1c1ncc(C(=O)Nc2ccc3c(c2)OCO3)cn1. The molecule has 7 nitrogen and oxygen atoms in total. The highest BCUT2D eigenvalue weighted by atomic mass is 16.7. The minimum Gasteiger partial charge on any atom is -0.454 e. The number of amides is 1. The molecule has 0 radical (unpaired) electrons. The number of carbonyl (C=O) groups is 1. The molecule has 1 atom stereocenters. The van der Waals surface area contributed by atoms with E-state index in [1.54, 1.807) is 30.6 Å². The lowest BCUT2D eigenvalue weighted by molar-refractivity contribution is 0.102. The molecule has 0 saturated carbocycles. The minimum atomic E-state index is -0.278. The summed E-state index contributed by atoms with van der Waals surface area (Å²) in [4.78, 5) is 23.5. The van der Waals surface area contributed by atoms with E-state index in [1.807, 2.05) is 12.1 Å². The lowest BCUT2D eigenvalue weighted by Crippen LogP contribution is -2.26. The van der Waals surface area contributed by atoms with Crippen LogP contribution in [-0.4, -0.2) is 28.7 Å². The lowest BCUT2D eigenvalue weighted by atomic mass is 10.1. The van der Waals surface area contributed by atoms with Crippen molar-refractivity contribution in [3.8, 4) is 11.5 Å². The third-order valence-corrected chi connectivity index (χ3v) is 4.95. The molecule has 0 spiro atoms. The van der Waals surface area contributed by atoms with Gasteiger partial charge in [-0.3, -0.25) is 4.79 Å². The van der Waals surface area contributed by atoms with E-state index in [0.717, 1.165) is 12.1 Å². The summed E-state index contributed by atoms with van der Waals surface area (Å²) in [6.45, 7) is 2.34. The van der Waals surface area contributed by atoms with Crippen LogP contribution in [0.1, 0.15) is 22.8 Å². The molecule has 0 aliphatic carbocycles. The second-order valence-electron chi connectivity index (χ2n) is 6.85. The summed E-state index contributed by atoms with van der Waals surface area (Å²) in [5.41, 5.74) is 3.41. The Bertz CT molecular complexity index is 1050. The fraction of sp³-hybridized carbons (Fsp3) is 0.190. The van der Waals surface area contributed by atoms with Gasteiger partial charge in [-0.15, -0.1) is 0 Å². The number of ether oxygens (including phenoxy) is 2. The molecule has 1 amide bonds. The Morgan fingerprint density at radius 3 is 2.75 bits per heavy atom. The van der Waals surface area contributed by atoms with Gasteiger partial charge in [0.1, 0.15) is 0 Å². The van der Waals surface area contributed by atoms with Gasteiger partial charge in [0, 0.05) is 35.9 Å². The molecule has 0 saturated heterocycles. The van der Waals surface area contributed by atoms with Crippen molar-refractivity contribution >= 4 is 23.2 Å². The largest absolute Gasteiger partial charge is 0.454 e. The highest BCUT2D eigenvalue weighted by Gasteiger charge is 2.28. The van der Waals surface area contributed by atoms with Gasteiger partial charge >= 0.3 is 0 Å². The van der Waals surface area contributed by atoms with Gasteiger partial charge in [0.05, 0.1) is 5.56 Å². The Hall–Kier alpha value is -3.61. The number of para-hydroxylation sites is 1. The first-order valence-electron chi connectivity index (χ1n) is 9.09. The van der Waals surface area contributed by atoms with Crippen LogP contribution in [0.25, 0.3) is 0 Å². The van der Waals surface area contributed by atoms with Crippen molar-refractivity contribution in [3.63, 3.8) is 0 Å². The highest BCUT2D eigenvalue weighted by molar-refractivity contribution is 6.04. The molecule has 1 unspecified atom stereocenters. The number of hydrogen-bond acceptors (Lipinski definition) is 6. The number of anilines is 3. The van der Waals surface area contributed by atoms with Crippen molar-refractivity contribution in [1.82, 2.24) is 9.97 Å². The Morgan fingerprint density at radius 2 is 1.89 bits per heavy atom. The van der Waals surface area contributed by atoms with Gasteiger partial charge < -0.3 is 19.7 Å². The summed E-state index contributed by atoms with van der Waals surface area (Å²) >= 11 is 0. The third kappa shape index (κ3) is 2.81. The zero-order valence-electron chi connectivity index (χ0n) is 15.3. The molecule has 140 valence electrons. The van der Waals surface area contributed by atoms with Gasteiger partial charge in [-0.2, -0.15) is 0 Å². The predicted molar refractivity (Wildman–Crippen MR) is 104 cm³/mol. The van der Waals surface area contributed by atoms with Crippen molar-refractivity contribution in [1.29, 1.82) is 0 Å². The van der Waals surface area contributed by atoms with E-state index in [-0.39, 0.29) is 18.7 Å². The van der Waals surface area contributed by atoms with Crippen molar-refractivity contribution < 1.29 is 14.3 Å². The molecule has 7 heteroatoms. The average Bonchev–Trinajstić information content (AvgIpc) is 3.31. The van der Waals surface area contributed by atoms with Crippen LogP contribution in [-0.2, 0) is 6.42 Å². The van der Waals surface area contributed by atoms with Crippen LogP contribution in [0.2, 0.25) is 0 Å². The maximum absolute atomic E-state index is 12.5. The van der Waals surface area contributed by atoms with Crippen molar-refractivity contribution in [2.24, 2.45) is 0 Å². The fourth-order valence-electron chi connectivity index (χ4n) is 3.61. The number of benzene rings is 2. The van der Waals surface area contributed by atoms with Crippen LogP contribution in [0, 0.1) is 0 Å². The van der Waals surface area contributed by atoms with E-state index < -0.39 is 0 Å².